The van der Waals surface area contributed by atoms with Gasteiger partial charge in [0.2, 0.25) is 0 Å². The van der Waals surface area contributed by atoms with Crippen LogP contribution in [-0.4, -0.2) is 0 Å². The first-order valence-electron chi connectivity index (χ1n) is 20.3. The average molecular weight is 760 g/mol. The molecular formula is C56H41NO2. The molecule has 0 spiro atoms. The summed E-state index contributed by atoms with van der Waals surface area (Å²) < 4.78 is 13.1. The third-order valence-corrected chi connectivity index (χ3v) is 11.8. The van der Waals surface area contributed by atoms with Crippen molar-refractivity contribution in [1.82, 2.24) is 0 Å². The zero-order valence-electron chi connectivity index (χ0n) is 33.2. The predicted octanol–water partition coefficient (Wildman–Crippen LogP) is 16.4. The highest BCUT2D eigenvalue weighted by molar-refractivity contribution is 6.18. The molecule has 282 valence electrons. The van der Waals surface area contributed by atoms with Crippen LogP contribution in [0.25, 0.3) is 88.0 Å². The number of furan rings is 2. The topological polar surface area (TPSA) is 29.5 Å². The molecule has 2 heterocycles. The number of fused-ring (bicyclic) bond motifs is 7. The lowest BCUT2D eigenvalue weighted by Crippen LogP contribution is -2.13. The van der Waals surface area contributed by atoms with Crippen molar-refractivity contribution in [2.45, 2.75) is 26.2 Å². The van der Waals surface area contributed by atoms with E-state index in [0.717, 1.165) is 94.1 Å². The van der Waals surface area contributed by atoms with Gasteiger partial charge in [-0.1, -0.05) is 160 Å². The van der Waals surface area contributed by atoms with E-state index in [1.165, 1.54) is 16.5 Å². The van der Waals surface area contributed by atoms with E-state index in [2.05, 4.69) is 202 Å². The SMILES string of the molecule is CC(C)(C)c1ccc(-c2ccc(N(c3ccc4c(c3)oc3ccccc34)c3ccc4ccccc4c3-c3cccc4oc5ccccc5c34)c(-c3ccccc3)c2)cc1. The number of hydrogen-bond acceptors (Lipinski definition) is 3. The minimum atomic E-state index is 0.0731. The highest BCUT2D eigenvalue weighted by Gasteiger charge is 2.26. The van der Waals surface area contributed by atoms with E-state index in [-0.39, 0.29) is 5.41 Å². The number of rotatable bonds is 6. The molecule has 0 N–H and O–H groups in total. The van der Waals surface area contributed by atoms with Gasteiger partial charge in [-0.25, -0.2) is 0 Å². The van der Waals surface area contributed by atoms with E-state index in [1.807, 2.05) is 18.2 Å². The second-order valence-corrected chi connectivity index (χ2v) is 16.5. The number of nitrogens with zero attached hydrogens (tertiary/aromatic N) is 1. The average Bonchev–Trinajstić information content (AvgIpc) is 3.85. The molecular weight excluding hydrogens is 719 g/mol. The molecule has 11 aromatic rings. The summed E-state index contributed by atoms with van der Waals surface area (Å²) in [6, 6.07) is 69.7. The van der Waals surface area contributed by atoms with Crippen LogP contribution in [0, 0.1) is 0 Å². The van der Waals surface area contributed by atoms with Gasteiger partial charge in [0, 0.05) is 44.4 Å². The fourth-order valence-electron chi connectivity index (χ4n) is 8.90. The van der Waals surface area contributed by atoms with E-state index in [4.69, 9.17) is 8.83 Å². The molecule has 0 bridgehead atoms. The number of para-hydroxylation sites is 2. The summed E-state index contributed by atoms with van der Waals surface area (Å²) in [6.45, 7) is 6.79. The Hall–Kier alpha value is -7.36. The normalized spacial score (nSPS) is 12.0. The van der Waals surface area contributed by atoms with E-state index in [0.29, 0.717) is 0 Å². The highest BCUT2D eigenvalue weighted by atomic mass is 16.3. The summed E-state index contributed by atoms with van der Waals surface area (Å²) in [5, 5.41) is 6.73. The quantitative estimate of drug-likeness (QED) is 0.169. The van der Waals surface area contributed by atoms with Gasteiger partial charge in [-0.3, -0.25) is 0 Å². The van der Waals surface area contributed by atoms with E-state index in [9.17, 15) is 0 Å². The molecule has 0 amide bonds. The van der Waals surface area contributed by atoms with Gasteiger partial charge in [-0.2, -0.15) is 0 Å². The summed E-state index contributed by atoms with van der Waals surface area (Å²) in [7, 11) is 0. The van der Waals surface area contributed by atoms with Gasteiger partial charge in [0.25, 0.3) is 0 Å². The van der Waals surface area contributed by atoms with Gasteiger partial charge in [0.05, 0.1) is 11.4 Å². The van der Waals surface area contributed by atoms with Crippen molar-refractivity contribution in [1.29, 1.82) is 0 Å². The number of benzene rings is 9. The molecule has 0 radical (unpaired) electrons. The Labute approximate surface area is 343 Å². The zero-order valence-corrected chi connectivity index (χ0v) is 33.2. The molecule has 3 nitrogen and oxygen atoms in total. The monoisotopic (exact) mass is 759 g/mol. The molecule has 11 rings (SSSR count). The Morgan fingerprint density at radius 1 is 0.390 bits per heavy atom. The van der Waals surface area contributed by atoms with Gasteiger partial charge in [0.1, 0.15) is 22.3 Å². The van der Waals surface area contributed by atoms with Gasteiger partial charge in [0.15, 0.2) is 0 Å². The summed E-state index contributed by atoms with van der Waals surface area (Å²) >= 11 is 0. The zero-order chi connectivity index (χ0) is 39.7. The summed E-state index contributed by atoms with van der Waals surface area (Å²) in [5.74, 6) is 0. The van der Waals surface area contributed by atoms with Crippen LogP contribution in [0.5, 0.6) is 0 Å². The minimum Gasteiger partial charge on any atom is -0.456 e. The first kappa shape index (κ1) is 34.9. The molecule has 0 saturated carbocycles. The van der Waals surface area contributed by atoms with Crippen LogP contribution in [0.15, 0.2) is 203 Å². The fourth-order valence-corrected chi connectivity index (χ4v) is 8.90. The Morgan fingerprint density at radius 2 is 1.02 bits per heavy atom. The number of hydrogen-bond donors (Lipinski definition) is 0. The van der Waals surface area contributed by atoms with E-state index in [1.54, 1.807) is 0 Å². The van der Waals surface area contributed by atoms with Crippen molar-refractivity contribution in [2.75, 3.05) is 4.90 Å². The van der Waals surface area contributed by atoms with Crippen LogP contribution in [-0.2, 0) is 5.41 Å². The maximum Gasteiger partial charge on any atom is 0.137 e. The molecule has 9 aromatic carbocycles. The van der Waals surface area contributed by atoms with Crippen LogP contribution >= 0.6 is 0 Å². The van der Waals surface area contributed by atoms with E-state index < -0.39 is 0 Å². The molecule has 0 aliphatic heterocycles. The van der Waals surface area contributed by atoms with Crippen molar-refractivity contribution < 1.29 is 8.83 Å². The first-order chi connectivity index (χ1) is 28.9. The van der Waals surface area contributed by atoms with Gasteiger partial charge < -0.3 is 13.7 Å². The lowest BCUT2D eigenvalue weighted by molar-refractivity contribution is 0.590. The second-order valence-electron chi connectivity index (χ2n) is 16.5. The third kappa shape index (κ3) is 5.89. The summed E-state index contributed by atoms with van der Waals surface area (Å²) in [5.41, 5.74) is 14.8. The fraction of sp³-hybridized carbons (Fsp3) is 0.0714. The molecule has 0 aliphatic rings. The van der Waals surface area contributed by atoms with Crippen molar-refractivity contribution in [3.8, 4) is 33.4 Å². The highest BCUT2D eigenvalue weighted by Crippen LogP contribution is 2.50. The largest absolute Gasteiger partial charge is 0.456 e. The van der Waals surface area contributed by atoms with Crippen molar-refractivity contribution in [3.63, 3.8) is 0 Å². The molecule has 59 heavy (non-hydrogen) atoms. The van der Waals surface area contributed by atoms with Crippen LogP contribution in [0.3, 0.4) is 0 Å². The lowest BCUT2D eigenvalue weighted by Gasteiger charge is -2.31. The van der Waals surface area contributed by atoms with Gasteiger partial charge in [-0.05, 0) is 92.5 Å². The Bertz CT molecular complexity index is 3360. The second kappa shape index (κ2) is 13.6. The summed E-state index contributed by atoms with van der Waals surface area (Å²) in [4.78, 5) is 2.43. The molecule has 0 saturated heterocycles. The molecule has 3 heteroatoms. The molecule has 2 aromatic heterocycles. The first-order valence-corrected chi connectivity index (χ1v) is 20.3. The van der Waals surface area contributed by atoms with Gasteiger partial charge in [-0.15, -0.1) is 0 Å². The lowest BCUT2D eigenvalue weighted by atomic mass is 9.86. The van der Waals surface area contributed by atoms with Crippen molar-refractivity contribution >= 4 is 71.7 Å². The maximum atomic E-state index is 6.58. The molecule has 0 unspecified atom stereocenters. The van der Waals surface area contributed by atoms with Crippen LogP contribution in [0.4, 0.5) is 17.1 Å². The van der Waals surface area contributed by atoms with Crippen LogP contribution < -0.4 is 4.90 Å². The van der Waals surface area contributed by atoms with Crippen LogP contribution in [0.2, 0.25) is 0 Å². The molecule has 0 fully saturated rings. The minimum absolute atomic E-state index is 0.0731. The standard InChI is InChI=1S/C56H41NO2/c1-56(2,3)40-28-24-36(25-29-40)39-27-32-48(47(34-39)37-14-5-4-6-15-37)57(41-30-31-44-43-18-9-11-21-50(43)59-53(44)35-41)49-33-26-38-16-7-8-17-42(38)54(49)46-20-13-23-52-55(46)45-19-10-12-22-51(45)58-52/h4-35H,1-3H3. The Balaban J connectivity index is 1.23. The van der Waals surface area contributed by atoms with Crippen molar-refractivity contribution in [3.05, 3.63) is 200 Å². The maximum absolute atomic E-state index is 6.58. The number of anilines is 3. The van der Waals surface area contributed by atoms with Gasteiger partial charge >= 0.3 is 0 Å². The predicted molar refractivity (Wildman–Crippen MR) is 248 cm³/mol. The van der Waals surface area contributed by atoms with E-state index >= 15 is 0 Å². The molecule has 0 aliphatic carbocycles. The smallest absolute Gasteiger partial charge is 0.137 e. The Kier molecular flexibility index (Phi) is 8.06. The Morgan fingerprint density at radius 3 is 1.81 bits per heavy atom. The third-order valence-electron chi connectivity index (χ3n) is 11.8. The molecule has 0 atom stereocenters. The van der Waals surface area contributed by atoms with Crippen LogP contribution in [0.1, 0.15) is 26.3 Å². The summed E-state index contributed by atoms with van der Waals surface area (Å²) in [6.07, 6.45) is 0. The van der Waals surface area contributed by atoms with Crippen molar-refractivity contribution in [2.24, 2.45) is 0 Å².